The molecule has 0 atom stereocenters. The van der Waals surface area contributed by atoms with E-state index in [1.165, 1.54) is 37.4 Å². The molecule has 2 aromatic rings. The van der Waals surface area contributed by atoms with Gasteiger partial charge in [0.25, 0.3) is 10.0 Å². The molecule has 0 amide bonds. The Morgan fingerprint density at radius 1 is 1.24 bits per heavy atom. The Labute approximate surface area is 122 Å². The van der Waals surface area contributed by atoms with Crippen molar-refractivity contribution in [2.24, 2.45) is 0 Å². The number of hydrogen-bond acceptors (Lipinski definition) is 4. The number of nitrogens with one attached hydrogen (secondary N) is 1. The van der Waals surface area contributed by atoms with E-state index in [0.717, 1.165) is 0 Å². The van der Waals surface area contributed by atoms with Crippen LogP contribution in [-0.2, 0) is 10.0 Å². The van der Waals surface area contributed by atoms with Crippen molar-refractivity contribution in [2.75, 3.05) is 17.6 Å². The Hall–Kier alpha value is -2.28. The average molecular weight is 310 g/mol. The number of aryl methyl sites for hydroxylation is 1. The molecule has 2 aromatic carbocycles. The molecule has 0 fully saturated rings. The normalized spacial score (nSPS) is 11.2. The summed E-state index contributed by atoms with van der Waals surface area (Å²) in [5.74, 6) is -0.399. The van der Waals surface area contributed by atoms with E-state index in [0.29, 0.717) is 11.3 Å². The van der Waals surface area contributed by atoms with Crippen LogP contribution in [0.3, 0.4) is 0 Å². The number of para-hydroxylation sites is 1. The fourth-order valence-electron chi connectivity index (χ4n) is 1.81. The summed E-state index contributed by atoms with van der Waals surface area (Å²) in [5, 5.41) is 0. The minimum atomic E-state index is -3.93. The van der Waals surface area contributed by atoms with Crippen LogP contribution in [0.2, 0.25) is 0 Å². The Kier molecular flexibility index (Phi) is 4.04. The van der Waals surface area contributed by atoms with E-state index in [-0.39, 0.29) is 16.3 Å². The second-order valence-corrected chi connectivity index (χ2v) is 6.12. The number of anilines is 2. The van der Waals surface area contributed by atoms with E-state index in [1.54, 1.807) is 13.0 Å². The lowest BCUT2D eigenvalue weighted by molar-refractivity contribution is 0.415. The summed E-state index contributed by atoms with van der Waals surface area (Å²) < 4.78 is 45.6. The number of halogens is 1. The van der Waals surface area contributed by atoms with Gasteiger partial charge in [0.15, 0.2) is 0 Å². The van der Waals surface area contributed by atoms with Crippen LogP contribution in [0, 0.1) is 12.7 Å². The molecule has 0 unspecified atom stereocenters. The van der Waals surface area contributed by atoms with Gasteiger partial charge in [-0.25, -0.2) is 12.8 Å². The lowest BCUT2D eigenvalue weighted by atomic mass is 10.2. The van der Waals surface area contributed by atoms with Crippen molar-refractivity contribution in [2.45, 2.75) is 11.8 Å². The smallest absolute Gasteiger partial charge is 0.262 e. The molecule has 112 valence electrons. The number of rotatable bonds is 4. The summed E-state index contributed by atoms with van der Waals surface area (Å²) in [6, 6.07) is 8.35. The predicted octanol–water partition coefficient (Wildman–Crippen LogP) is 2.53. The van der Waals surface area contributed by atoms with Gasteiger partial charge in [0.2, 0.25) is 0 Å². The van der Waals surface area contributed by atoms with E-state index in [4.69, 9.17) is 10.5 Å². The van der Waals surface area contributed by atoms with Crippen molar-refractivity contribution < 1.29 is 17.5 Å². The molecule has 0 saturated heterocycles. The third-order valence-corrected chi connectivity index (χ3v) is 4.32. The van der Waals surface area contributed by atoms with E-state index < -0.39 is 15.8 Å². The number of hydrogen-bond donors (Lipinski definition) is 2. The van der Waals surface area contributed by atoms with Crippen molar-refractivity contribution in [3.05, 3.63) is 47.8 Å². The molecule has 0 bridgehead atoms. The average Bonchev–Trinajstić information content (AvgIpc) is 2.43. The van der Waals surface area contributed by atoms with E-state index in [1.807, 2.05) is 0 Å². The summed E-state index contributed by atoms with van der Waals surface area (Å²) >= 11 is 0. The van der Waals surface area contributed by atoms with Crippen molar-refractivity contribution in [3.8, 4) is 5.75 Å². The zero-order valence-electron chi connectivity index (χ0n) is 11.6. The summed E-state index contributed by atoms with van der Waals surface area (Å²) in [6.07, 6.45) is 0. The van der Waals surface area contributed by atoms with Gasteiger partial charge in [-0.1, -0.05) is 12.1 Å². The maximum Gasteiger partial charge on any atom is 0.262 e. The third kappa shape index (κ3) is 3.08. The van der Waals surface area contributed by atoms with Crippen LogP contribution in [0.4, 0.5) is 15.8 Å². The molecule has 5 nitrogen and oxygen atoms in total. The van der Waals surface area contributed by atoms with Gasteiger partial charge in [-0.3, -0.25) is 4.72 Å². The van der Waals surface area contributed by atoms with Gasteiger partial charge in [-0.05, 0) is 30.7 Å². The zero-order valence-corrected chi connectivity index (χ0v) is 12.4. The summed E-state index contributed by atoms with van der Waals surface area (Å²) in [6.45, 7) is 1.62. The second kappa shape index (κ2) is 5.61. The van der Waals surface area contributed by atoms with Crippen molar-refractivity contribution in [1.82, 2.24) is 0 Å². The van der Waals surface area contributed by atoms with Crippen LogP contribution in [-0.4, -0.2) is 15.5 Å². The van der Waals surface area contributed by atoms with Gasteiger partial charge in [0.05, 0.1) is 23.4 Å². The molecule has 0 aliphatic rings. The first-order valence-electron chi connectivity index (χ1n) is 6.06. The molecule has 0 aliphatic carbocycles. The number of methoxy groups -OCH3 is 1. The van der Waals surface area contributed by atoms with Crippen molar-refractivity contribution in [1.29, 1.82) is 0 Å². The Bertz CT molecular complexity index is 756. The zero-order chi connectivity index (χ0) is 15.6. The number of ether oxygens (including phenoxy) is 1. The molecule has 21 heavy (non-hydrogen) atoms. The van der Waals surface area contributed by atoms with Crippen LogP contribution in [0.25, 0.3) is 0 Å². The SMILES string of the molecule is COc1cc(S(=O)(=O)Nc2c(C)cccc2F)ccc1N. The monoisotopic (exact) mass is 310 g/mol. The lowest BCUT2D eigenvalue weighted by Crippen LogP contribution is -2.15. The summed E-state index contributed by atoms with van der Waals surface area (Å²) in [7, 11) is -2.55. The topological polar surface area (TPSA) is 81.4 Å². The molecule has 7 heteroatoms. The highest BCUT2D eigenvalue weighted by Crippen LogP contribution is 2.27. The fraction of sp³-hybridized carbons (Fsp3) is 0.143. The number of nitrogen functional groups attached to an aromatic ring is 1. The molecular formula is C14H15FN2O3S. The number of benzene rings is 2. The van der Waals surface area contributed by atoms with Gasteiger partial charge < -0.3 is 10.5 Å². The highest BCUT2D eigenvalue weighted by atomic mass is 32.2. The Morgan fingerprint density at radius 3 is 2.57 bits per heavy atom. The second-order valence-electron chi connectivity index (χ2n) is 4.44. The van der Waals surface area contributed by atoms with E-state index in [2.05, 4.69) is 4.72 Å². The lowest BCUT2D eigenvalue weighted by Gasteiger charge is -2.12. The van der Waals surface area contributed by atoms with Gasteiger partial charge >= 0.3 is 0 Å². The molecular weight excluding hydrogens is 295 g/mol. The fourth-order valence-corrected chi connectivity index (χ4v) is 2.97. The van der Waals surface area contributed by atoms with Crippen LogP contribution >= 0.6 is 0 Å². The van der Waals surface area contributed by atoms with Crippen LogP contribution < -0.4 is 15.2 Å². The Morgan fingerprint density at radius 2 is 1.95 bits per heavy atom. The maximum atomic E-state index is 13.7. The third-order valence-electron chi connectivity index (χ3n) is 2.97. The van der Waals surface area contributed by atoms with Crippen LogP contribution in [0.15, 0.2) is 41.3 Å². The first-order chi connectivity index (χ1) is 9.85. The van der Waals surface area contributed by atoms with Gasteiger partial charge in [-0.15, -0.1) is 0 Å². The van der Waals surface area contributed by atoms with Crippen LogP contribution in [0.5, 0.6) is 5.75 Å². The van der Waals surface area contributed by atoms with E-state index >= 15 is 0 Å². The summed E-state index contributed by atoms with van der Waals surface area (Å²) in [5.41, 5.74) is 6.37. The van der Waals surface area contributed by atoms with E-state index in [9.17, 15) is 12.8 Å². The Balaban J connectivity index is 2.44. The van der Waals surface area contributed by atoms with Gasteiger partial charge in [0.1, 0.15) is 11.6 Å². The highest BCUT2D eigenvalue weighted by molar-refractivity contribution is 7.92. The molecule has 0 radical (unpaired) electrons. The molecule has 2 rings (SSSR count). The predicted molar refractivity (Wildman–Crippen MR) is 79.4 cm³/mol. The maximum absolute atomic E-state index is 13.7. The minimum Gasteiger partial charge on any atom is -0.495 e. The largest absolute Gasteiger partial charge is 0.495 e. The summed E-state index contributed by atoms with van der Waals surface area (Å²) in [4.78, 5) is -0.0591. The van der Waals surface area contributed by atoms with Crippen LogP contribution in [0.1, 0.15) is 5.56 Å². The molecule has 0 aromatic heterocycles. The molecule has 0 saturated carbocycles. The standard InChI is InChI=1S/C14H15FN2O3S/c1-9-4-3-5-11(15)14(9)17-21(18,19)10-6-7-12(16)13(8-10)20-2/h3-8,17H,16H2,1-2H3. The highest BCUT2D eigenvalue weighted by Gasteiger charge is 2.19. The van der Waals surface area contributed by atoms with Crippen molar-refractivity contribution in [3.63, 3.8) is 0 Å². The molecule has 0 heterocycles. The number of nitrogens with two attached hydrogens (primary N) is 1. The molecule has 3 N–H and O–H groups in total. The minimum absolute atomic E-state index is 0.0591. The van der Waals surface area contributed by atoms with Crippen molar-refractivity contribution >= 4 is 21.4 Å². The first kappa shape index (κ1) is 15.1. The first-order valence-corrected chi connectivity index (χ1v) is 7.55. The number of sulfonamides is 1. The quantitative estimate of drug-likeness (QED) is 0.850. The molecule has 0 spiro atoms. The van der Waals surface area contributed by atoms with Gasteiger partial charge in [0, 0.05) is 6.07 Å². The molecule has 0 aliphatic heterocycles. The van der Waals surface area contributed by atoms with Gasteiger partial charge in [-0.2, -0.15) is 0 Å².